The number of aromatic nitrogens is 2. The second-order valence-corrected chi connectivity index (χ2v) is 5.13. The van der Waals surface area contributed by atoms with Gasteiger partial charge in [-0.15, -0.1) is 0 Å². The van der Waals surface area contributed by atoms with Crippen LogP contribution in [0, 0.1) is 0 Å². The van der Waals surface area contributed by atoms with Crippen molar-refractivity contribution in [2.75, 3.05) is 11.4 Å². The summed E-state index contributed by atoms with van der Waals surface area (Å²) in [6, 6.07) is 8.42. The molecule has 0 unspecified atom stereocenters. The molecule has 3 rings (SSSR count). The lowest BCUT2D eigenvalue weighted by atomic mass is 10.00. The van der Waals surface area contributed by atoms with Crippen LogP contribution < -0.4 is 10.5 Å². The molecule has 18 heavy (non-hydrogen) atoms. The Balaban J connectivity index is 1.97. The van der Waals surface area contributed by atoms with E-state index in [0.29, 0.717) is 4.47 Å². The minimum atomic E-state index is -0.189. The predicted molar refractivity (Wildman–Crippen MR) is 73.8 cm³/mol. The van der Waals surface area contributed by atoms with E-state index in [4.69, 9.17) is 0 Å². The summed E-state index contributed by atoms with van der Waals surface area (Å²) < 4.78 is 0.553. The standard InChI is InChI=1S/C13H12BrN3O/c14-12-11(7-15-16-13(12)18)17-6-5-9-3-1-2-4-10(9)8-17/h1-4,7H,5-6,8H2,(H,16,18). The zero-order valence-electron chi connectivity index (χ0n) is 9.69. The van der Waals surface area contributed by atoms with E-state index in [1.165, 1.54) is 11.1 Å². The van der Waals surface area contributed by atoms with Crippen LogP contribution >= 0.6 is 15.9 Å². The summed E-state index contributed by atoms with van der Waals surface area (Å²) in [5.41, 5.74) is 3.37. The highest BCUT2D eigenvalue weighted by molar-refractivity contribution is 9.10. The fraction of sp³-hybridized carbons (Fsp3) is 0.231. The third-order valence-corrected chi connectivity index (χ3v) is 4.01. The molecule has 4 nitrogen and oxygen atoms in total. The van der Waals surface area contributed by atoms with E-state index in [1.807, 2.05) is 6.07 Å². The van der Waals surface area contributed by atoms with Gasteiger partial charge in [0.15, 0.2) is 0 Å². The van der Waals surface area contributed by atoms with Gasteiger partial charge in [0.05, 0.1) is 11.9 Å². The topological polar surface area (TPSA) is 49.0 Å². The lowest BCUT2D eigenvalue weighted by molar-refractivity contribution is 0.724. The normalized spacial score (nSPS) is 14.4. The van der Waals surface area contributed by atoms with Crippen LogP contribution in [-0.4, -0.2) is 16.7 Å². The Bertz CT molecular complexity index is 638. The van der Waals surface area contributed by atoms with Gasteiger partial charge in [-0.3, -0.25) is 4.79 Å². The van der Waals surface area contributed by atoms with Gasteiger partial charge in [-0.2, -0.15) is 5.10 Å². The molecule has 1 aliphatic rings. The number of nitrogens with one attached hydrogen (secondary N) is 1. The Kier molecular flexibility index (Phi) is 2.91. The first kappa shape index (κ1) is 11.5. The van der Waals surface area contributed by atoms with Crippen LogP contribution in [0.2, 0.25) is 0 Å². The van der Waals surface area contributed by atoms with E-state index in [-0.39, 0.29) is 5.56 Å². The SMILES string of the molecule is O=c1[nH]ncc(N2CCc3ccccc3C2)c1Br. The number of nitrogens with zero attached hydrogens (tertiary/aromatic N) is 2. The molecule has 0 bridgehead atoms. The summed E-state index contributed by atoms with van der Waals surface area (Å²) in [5.74, 6) is 0. The molecule has 1 aliphatic heterocycles. The zero-order chi connectivity index (χ0) is 12.5. The Hall–Kier alpha value is -1.62. The minimum Gasteiger partial charge on any atom is -0.364 e. The van der Waals surface area contributed by atoms with Gasteiger partial charge in [0.2, 0.25) is 0 Å². The molecule has 0 fully saturated rings. The van der Waals surface area contributed by atoms with Crippen LogP contribution in [0.4, 0.5) is 5.69 Å². The molecule has 0 amide bonds. The van der Waals surface area contributed by atoms with E-state index < -0.39 is 0 Å². The molecule has 2 heterocycles. The van der Waals surface area contributed by atoms with E-state index in [0.717, 1.165) is 25.2 Å². The molecule has 0 spiro atoms. The average Bonchev–Trinajstić information content (AvgIpc) is 2.41. The van der Waals surface area contributed by atoms with Gasteiger partial charge in [0.1, 0.15) is 4.47 Å². The molecule has 0 atom stereocenters. The van der Waals surface area contributed by atoms with Crippen molar-refractivity contribution in [3.05, 3.63) is 56.4 Å². The molecule has 1 N–H and O–H groups in total. The van der Waals surface area contributed by atoms with Crippen molar-refractivity contribution in [2.24, 2.45) is 0 Å². The van der Waals surface area contributed by atoms with Crippen molar-refractivity contribution in [2.45, 2.75) is 13.0 Å². The Morgan fingerprint density at radius 1 is 1.28 bits per heavy atom. The quantitative estimate of drug-likeness (QED) is 0.878. The molecule has 0 radical (unpaired) electrons. The van der Waals surface area contributed by atoms with Gasteiger partial charge < -0.3 is 4.90 Å². The van der Waals surface area contributed by atoms with Crippen LogP contribution in [0.3, 0.4) is 0 Å². The van der Waals surface area contributed by atoms with Crippen molar-refractivity contribution in [3.63, 3.8) is 0 Å². The van der Waals surface area contributed by atoms with E-state index in [2.05, 4.69) is 49.2 Å². The molecular weight excluding hydrogens is 294 g/mol. The fourth-order valence-electron chi connectivity index (χ4n) is 2.30. The summed E-state index contributed by atoms with van der Waals surface area (Å²) in [7, 11) is 0. The van der Waals surface area contributed by atoms with E-state index >= 15 is 0 Å². The van der Waals surface area contributed by atoms with Gasteiger partial charge in [-0.1, -0.05) is 24.3 Å². The lowest BCUT2D eigenvalue weighted by Crippen LogP contribution is -2.31. The number of halogens is 1. The highest BCUT2D eigenvalue weighted by Crippen LogP contribution is 2.27. The van der Waals surface area contributed by atoms with E-state index in [1.54, 1.807) is 6.20 Å². The number of benzene rings is 1. The lowest BCUT2D eigenvalue weighted by Gasteiger charge is -2.30. The number of hydrogen-bond donors (Lipinski definition) is 1. The Labute approximate surface area is 113 Å². The molecular formula is C13H12BrN3O. The Morgan fingerprint density at radius 2 is 2.06 bits per heavy atom. The summed E-state index contributed by atoms with van der Waals surface area (Å²) in [5, 5.41) is 6.29. The minimum absolute atomic E-state index is 0.189. The average molecular weight is 306 g/mol. The largest absolute Gasteiger partial charge is 0.364 e. The second kappa shape index (κ2) is 4.57. The smallest absolute Gasteiger partial charge is 0.280 e. The highest BCUT2D eigenvalue weighted by atomic mass is 79.9. The van der Waals surface area contributed by atoms with Crippen LogP contribution in [0.25, 0.3) is 0 Å². The summed E-state index contributed by atoms with van der Waals surface area (Å²) in [6.45, 7) is 1.72. The maximum atomic E-state index is 11.5. The fourth-order valence-corrected chi connectivity index (χ4v) is 2.74. The van der Waals surface area contributed by atoms with Crippen molar-refractivity contribution in [3.8, 4) is 0 Å². The monoisotopic (exact) mass is 305 g/mol. The molecule has 92 valence electrons. The summed E-state index contributed by atoms with van der Waals surface area (Å²) in [6.07, 6.45) is 2.69. The predicted octanol–water partition coefficient (Wildman–Crippen LogP) is 2.10. The second-order valence-electron chi connectivity index (χ2n) is 4.34. The van der Waals surface area contributed by atoms with Gasteiger partial charge >= 0.3 is 0 Å². The maximum Gasteiger partial charge on any atom is 0.280 e. The molecule has 5 heteroatoms. The van der Waals surface area contributed by atoms with Gasteiger partial charge in [-0.05, 0) is 33.5 Å². The molecule has 1 aromatic carbocycles. The van der Waals surface area contributed by atoms with Gasteiger partial charge in [0, 0.05) is 13.1 Å². The first-order valence-corrected chi connectivity index (χ1v) is 6.60. The maximum absolute atomic E-state index is 11.5. The molecule has 0 saturated heterocycles. The molecule has 1 aromatic heterocycles. The van der Waals surface area contributed by atoms with Crippen molar-refractivity contribution >= 4 is 21.6 Å². The zero-order valence-corrected chi connectivity index (χ0v) is 11.3. The van der Waals surface area contributed by atoms with Crippen molar-refractivity contribution in [1.29, 1.82) is 0 Å². The van der Waals surface area contributed by atoms with Crippen LogP contribution in [0.15, 0.2) is 39.7 Å². The summed E-state index contributed by atoms with van der Waals surface area (Å²) in [4.78, 5) is 13.7. The molecule has 2 aromatic rings. The third kappa shape index (κ3) is 1.95. The van der Waals surface area contributed by atoms with Crippen molar-refractivity contribution < 1.29 is 0 Å². The van der Waals surface area contributed by atoms with Crippen molar-refractivity contribution in [1.82, 2.24) is 10.2 Å². The first-order chi connectivity index (χ1) is 8.75. The van der Waals surface area contributed by atoms with Gasteiger partial charge in [0.25, 0.3) is 5.56 Å². The van der Waals surface area contributed by atoms with Crippen LogP contribution in [0.1, 0.15) is 11.1 Å². The van der Waals surface area contributed by atoms with Crippen LogP contribution in [-0.2, 0) is 13.0 Å². The first-order valence-electron chi connectivity index (χ1n) is 5.80. The number of fused-ring (bicyclic) bond motifs is 1. The van der Waals surface area contributed by atoms with Gasteiger partial charge in [-0.25, -0.2) is 5.10 Å². The van der Waals surface area contributed by atoms with E-state index in [9.17, 15) is 4.79 Å². The number of anilines is 1. The molecule has 0 aliphatic carbocycles. The number of hydrogen-bond acceptors (Lipinski definition) is 3. The third-order valence-electron chi connectivity index (χ3n) is 3.25. The highest BCUT2D eigenvalue weighted by Gasteiger charge is 2.19. The summed E-state index contributed by atoms with van der Waals surface area (Å²) >= 11 is 3.33. The number of H-pyrrole nitrogens is 1. The number of rotatable bonds is 1. The van der Waals surface area contributed by atoms with Crippen LogP contribution in [0.5, 0.6) is 0 Å². The number of aromatic amines is 1. The Morgan fingerprint density at radius 3 is 2.89 bits per heavy atom. The molecule has 0 saturated carbocycles.